The van der Waals surface area contributed by atoms with Gasteiger partial charge in [0.1, 0.15) is 18.0 Å². The summed E-state index contributed by atoms with van der Waals surface area (Å²) in [6.07, 6.45) is -0.424. The normalized spacial score (nSPS) is 15.7. The first kappa shape index (κ1) is 48.9. The number of carboxylic acid groups (broad SMARTS) is 1. The van der Waals surface area contributed by atoms with E-state index in [4.69, 9.17) is 38.3 Å². The van der Waals surface area contributed by atoms with Crippen LogP contribution in [-0.2, 0) is 71.5 Å². The summed E-state index contributed by atoms with van der Waals surface area (Å²) in [4.78, 5) is 101. The number of methoxy groups -OCH3 is 4. The monoisotopic (exact) mass is 776 g/mol. The van der Waals surface area contributed by atoms with Crippen LogP contribution in [0.4, 0.5) is 0 Å². The maximum absolute atomic E-state index is 13.4. The molecule has 17 heteroatoms. The molecule has 0 aliphatic heterocycles. The molecule has 0 saturated heterocycles. The Morgan fingerprint density at radius 2 is 1.11 bits per heavy atom. The molecule has 0 fully saturated rings. The summed E-state index contributed by atoms with van der Waals surface area (Å²) < 4.78 is 34.4. The van der Waals surface area contributed by atoms with Gasteiger partial charge in [-0.3, -0.25) is 28.8 Å². The lowest BCUT2D eigenvalue weighted by atomic mass is 9.64. The number of esters is 7. The van der Waals surface area contributed by atoms with Crippen LogP contribution in [-0.4, -0.2) is 111 Å². The van der Waals surface area contributed by atoms with Gasteiger partial charge in [0.15, 0.2) is 6.10 Å². The van der Waals surface area contributed by atoms with E-state index in [9.17, 15) is 38.4 Å². The zero-order valence-corrected chi connectivity index (χ0v) is 33.7. The van der Waals surface area contributed by atoms with Gasteiger partial charge >= 0.3 is 47.8 Å². The quantitative estimate of drug-likeness (QED) is 0.0884. The Balaban J connectivity index is 6.12. The number of ether oxygens (including phenoxy) is 7. The number of thioether (sulfide) groups is 1. The number of hydrogen-bond donors (Lipinski definition) is 1. The van der Waals surface area contributed by atoms with Crippen LogP contribution in [0.5, 0.6) is 0 Å². The zero-order valence-electron chi connectivity index (χ0n) is 32.9. The van der Waals surface area contributed by atoms with Crippen molar-refractivity contribution < 1.29 is 76.6 Å². The van der Waals surface area contributed by atoms with Crippen molar-refractivity contribution >= 4 is 59.5 Å². The molecule has 0 heterocycles. The van der Waals surface area contributed by atoms with Crippen molar-refractivity contribution in [2.24, 2.45) is 21.7 Å². The molecule has 1 N–H and O–H groups in total. The predicted molar refractivity (Wildman–Crippen MR) is 190 cm³/mol. The lowest BCUT2D eigenvalue weighted by molar-refractivity contribution is -0.168. The summed E-state index contributed by atoms with van der Waals surface area (Å²) in [5.41, 5.74) is -4.99. The number of hydrogen-bond acceptors (Lipinski definition) is 16. The van der Waals surface area contributed by atoms with Gasteiger partial charge in [0.2, 0.25) is 0 Å². The molecule has 16 nitrogen and oxygen atoms in total. The Morgan fingerprint density at radius 3 is 1.58 bits per heavy atom. The van der Waals surface area contributed by atoms with Crippen molar-refractivity contribution in [2.45, 2.75) is 98.3 Å². The number of carboxylic acids is 1. The molecule has 302 valence electrons. The second kappa shape index (κ2) is 20.9. The summed E-state index contributed by atoms with van der Waals surface area (Å²) >= 11 is 0.982. The van der Waals surface area contributed by atoms with Crippen LogP contribution in [0.25, 0.3) is 0 Å². The summed E-state index contributed by atoms with van der Waals surface area (Å²) in [5.74, 6) is -6.66. The molecule has 0 aromatic rings. The van der Waals surface area contributed by atoms with E-state index in [0.29, 0.717) is 18.6 Å². The number of rotatable bonds is 23. The first-order chi connectivity index (χ1) is 24.3. The highest BCUT2D eigenvalue weighted by molar-refractivity contribution is 8.01. The first-order valence-corrected chi connectivity index (χ1v) is 17.7. The van der Waals surface area contributed by atoms with Crippen LogP contribution < -0.4 is 0 Å². The third-order valence-electron chi connectivity index (χ3n) is 8.69. The molecular weight excluding hydrogens is 720 g/mol. The van der Waals surface area contributed by atoms with Crippen molar-refractivity contribution in [1.82, 2.24) is 0 Å². The lowest BCUT2D eigenvalue weighted by Crippen LogP contribution is -2.48. The molecule has 0 radical (unpaired) electrons. The average molecular weight is 777 g/mol. The second-order valence-electron chi connectivity index (χ2n) is 14.6. The van der Waals surface area contributed by atoms with Crippen LogP contribution in [0.3, 0.4) is 0 Å². The van der Waals surface area contributed by atoms with E-state index in [2.05, 4.69) is 0 Å². The number of carbonyl (C=O) groups is 8. The minimum Gasteiger partial charge on any atom is -0.478 e. The number of aliphatic carboxylic acids is 1. The molecule has 0 aliphatic carbocycles. The molecule has 0 aromatic heterocycles. The maximum Gasteiger partial charge on any atom is 0.331 e. The Kier molecular flexibility index (Phi) is 19.3. The fourth-order valence-corrected chi connectivity index (χ4v) is 7.16. The van der Waals surface area contributed by atoms with Gasteiger partial charge < -0.3 is 38.3 Å². The van der Waals surface area contributed by atoms with Crippen molar-refractivity contribution in [2.75, 3.05) is 47.4 Å². The van der Waals surface area contributed by atoms with E-state index >= 15 is 0 Å². The molecule has 0 saturated carbocycles. The SMILES string of the molecule is CCC(C)(C)C(=O)OCC(COC(=O)CCSC(C)(CC(C)(CC(C)(CC(C)(C)C(=O)OC)C(=O)OC)C(=O)OC)C(=O)OC)OC(=O)/C=C\C(=O)O. The minimum absolute atomic E-state index is 0.0309. The molecule has 0 rings (SSSR count). The Bertz CT molecular complexity index is 1370. The third-order valence-corrected chi connectivity index (χ3v) is 10.0. The van der Waals surface area contributed by atoms with E-state index in [1.54, 1.807) is 41.5 Å². The fraction of sp³-hybridized carbons (Fsp3) is 0.722. The van der Waals surface area contributed by atoms with E-state index < -0.39 is 93.5 Å². The third kappa shape index (κ3) is 15.4. The summed E-state index contributed by atoms with van der Waals surface area (Å²) in [6.45, 7) is 11.8. The highest BCUT2D eigenvalue weighted by Gasteiger charge is 2.53. The van der Waals surface area contributed by atoms with Gasteiger partial charge in [-0.25, -0.2) is 9.59 Å². The summed E-state index contributed by atoms with van der Waals surface area (Å²) in [5, 5.41) is 8.79. The second-order valence-corrected chi connectivity index (χ2v) is 16.2. The molecule has 0 aliphatic rings. The van der Waals surface area contributed by atoms with Gasteiger partial charge in [-0.2, -0.15) is 0 Å². The predicted octanol–water partition coefficient (Wildman–Crippen LogP) is 3.84. The first-order valence-electron chi connectivity index (χ1n) is 16.7. The number of carbonyl (C=O) groups excluding carboxylic acids is 7. The van der Waals surface area contributed by atoms with Gasteiger partial charge in [-0.1, -0.05) is 6.92 Å². The Morgan fingerprint density at radius 1 is 0.623 bits per heavy atom. The van der Waals surface area contributed by atoms with E-state index in [0.717, 1.165) is 26.0 Å². The molecule has 53 heavy (non-hydrogen) atoms. The van der Waals surface area contributed by atoms with Gasteiger partial charge in [0, 0.05) is 17.9 Å². The highest BCUT2D eigenvalue weighted by atomic mass is 32.2. The maximum atomic E-state index is 13.4. The van der Waals surface area contributed by atoms with Gasteiger partial charge in [-0.05, 0) is 74.1 Å². The molecule has 4 atom stereocenters. The van der Waals surface area contributed by atoms with E-state index in [-0.39, 0.29) is 31.4 Å². The highest BCUT2D eigenvalue weighted by Crippen LogP contribution is 2.49. The average Bonchev–Trinajstić information content (AvgIpc) is 3.09. The minimum atomic E-state index is -1.53. The standard InChI is InChI=1S/C36H56O16S/c1-13-32(2,3)28(42)51-19-23(52-26(40)15-14-24(37)38)18-50-25(39)16-17-53-36(8,31(45)49-12)22-35(7,30(44)48-11)21-34(6,29(43)47-10)20-33(4,5)27(41)46-9/h14-15,23H,13,16-22H2,1-12H3,(H,37,38)/b15-14-. The van der Waals surface area contributed by atoms with Gasteiger partial charge in [-0.15, -0.1) is 11.8 Å². The van der Waals surface area contributed by atoms with Crippen LogP contribution in [0.15, 0.2) is 12.2 Å². The topological polar surface area (TPSA) is 221 Å². The van der Waals surface area contributed by atoms with Crippen LogP contribution in [0, 0.1) is 21.7 Å². The van der Waals surface area contributed by atoms with Crippen LogP contribution >= 0.6 is 11.8 Å². The fourth-order valence-electron chi connectivity index (χ4n) is 5.82. The van der Waals surface area contributed by atoms with E-state index in [1.807, 2.05) is 0 Å². The molecular formula is C36H56O16S. The molecule has 0 aromatic carbocycles. The summed E-state index contributed by atoms with van der Waals surface area (Å²) in [6, 6.07) is 0. The van der Waals surface area contributed by atoms with Crippen LogP contribution in [0.2, 0.25) is 0 Å². The molecule has 4 unspecified atom stereocenters. The van der Waals surface area contributed by atoms with Crippen molar-refractivity contribution in [1.29, 1.82) is 0 Å². The van der Waals surface area contributed by atoms with Gasteiger partial charge in [0.25, 0.3) is 0 Å². The van der Waals surface area contributed by atoms with Crippen molar-refractivity contribution in [3.63, 3.8) is 0 Å². The van der Waals surface area contributed by atoms with Crippen molar-refractivity contribution in [3.05, 3.63) is 12.2 Å². The Labute approximate surface area is 315 Å². The lowest BCUT2D eigenvalue weighted by Gasteiger charge is -2.42. The van der Waals surface area contributed by atoms with E-state index in [1.165, 1.54) is 28.1 Å². The molecule has 0 amide bonds. The molecule has 0 bridgehead atoms. The van der Waals surface area contributed by atoms with Crippen molar-refractivity contribution in [3.8, 4) is 0 Å². The molecule has 0 spiro atoms. The van der Waals surface area contributed by atoms with Gasteiger partial charge in [0.05, 0.1) is 56.5 Å². The Hall–Kier alpha value is -4.15. The zero-order chi connectivity index (χ0) is 41.4. The smallest absolute Gasteiger partial charge is 0.331 e. The van der Waals surface area contributed by atoms with Crippen LogP contribution in [0.1, 0.15) is 87.5 Å². The largest absolute Gasteiger partial charge is 0.478 e. The summed E-state index contributed by atoms with van der Waals surface area (Å²) in [7, 11) is 4.71.